The maximum Gasteiger partial charge on any atom is 0.309 e. The summed E-state index contributed by atoms with van der Waals surface area (Å²) in [6.07, 6.45) is 1.33. The van der Waals surface area contributed by atoms with Crippen molar-refractivity contribution in [1.29, 1.82) is 0 Å². The molecule has 146 valence electrons. The van der Waals surface area contributed by atoms with Gasteiger partial charge in [-0.3, -0.25) is 9.59 Å². The summed E-state index contributed by atoms with van der Waals surface area (Å²) in [5.41, 5.74) is 0. The Morgan fingerprint density at radius 1 is 1.15 bits per heavy atom. The molecule has 0 bridgehead atoms. The second kappa shape index (κ2) is 9.54. The fourth-order valence-electron chi connectivity index (χ4n) is 2.24. The lowest BCUT2D eigenvalue weighted by molar-refractivity contribution is -0.139. The molecule has 0 saturated carbocycles. The summed E-state index contributed by atoms with van der Waals surface area (Å²) >= 11 is 5.81. The highest BCUT2D eigenvalue weighted by Gasteiger charge is 2.32. The number of benzene rings is 1. The predicted octanol–water partition coefficient (Wildman–Crippen LogP) is 1.33. The van der Waals surface area contributed by atoms with Gasteiger partial charge in [-0.1, -0.05) is 11.6 Å². The normalized spacial score (nSPS) is 12.4. The van der Waals surface area contributed by atoms with Crippen molar-refractivity contribution in [1.82, 2.24) is 10.6 Å². The average Bonchev–Trinajstić information content (AvgIpc) is 3.16. The van der Waals surface area contributed by atoms with Crippen LogP contribution in [-0.2, 0) is 24.2 Å². The Hall–Kier alpha value is -2.36. The zero-order valence-corrected chi connectivity index (χ0v) is 16.0. The van der Waals surface area contributed by atoms with Crippen LogP contribution in [-0.4, -0.2) is 47.0 Å². The summed E-state index contributed by atoms with van der Waals surface area (Å²) < 4.78 is 35.9. The van der Waals surface area contributed by atoms with Crippen LogP contribution in [0, 0.1) is 0 Å². The van der Waals surface area contributed by atoms with Gasteiger partial charge in [-0.15, -0.1) is 0 Å². The molecule has 0 aliphatic heterocycles. The van der Waals surface area contributed by atoms with Crippen molar-refractivity contribution in [3.05, 3.63) is 53.4 Å². The SMILES string of the molecule is COCCNC(=O)C(=O)NCC(c1ccco1)S(=O)(=O)c1ccc(Cl)cc1. The molecule has 27 heavy (non-hydrogen) atoms. The van der Waals surface area contributed by atoms with Crippen LogP contribution in [0.5, 0.6) is 0 Å². The van der Waals surface area contributed by atoms with Gasteiger partial charge in [0.15, 0.2) is 9.84 Å². The minimum atomic E-state index is -3.90. The van der Waals surface area contributed by atoms with Crippen molar-refractivity contribution in [2.45, 2.75) is 10.1 Å². The first-order chi connectivity index (χ1) is 12.9. The summed E-state index contributed by atoms with van der Waals surface area (Å²) in [7, 11) is -2.44. The Labute approximate surface area is 161 Å². The van der Waals surface area contributed by atoms with E-state index in [1.165, 1.54) is 43.7 Å². The number of furan rings is 1. The molecule has 0 radical (unpaired) electrons. The number of halogens is 1. The molecule has 0 aliphatic rings. The van der Waals surface area contributed by atoms with Gasteiger partial charge < -0.3 is 19.8 Å². The number of hydrogen-bond acceptors (Lipinski definition) is 6. The van der Waals surface area contributed by atoms with Crippen LogP contribution >= 0.6 is 11.6 Å². The summed E-state index contributed by atoms with van der Waals surface area (Å²) in [5.74, 6) is -1.69. The van der Waals surface area contributed by atoms with Gasteiger partial charge in [-0.05, 0) is 36.4 Å². The summed E-state index contributed by atoms with van der Waals surface area (Å²) in [6, 6.07) is 8.67. The number of carbonyl (C=O) groups is 2. The molecule has 1 aromatic carbocycles. The van der Waals surface area contributed by atoms with Crippen LogP contribution in [0.3, 0.4) is 0 Å². The van der Waals surface area contributed by atoms with E-state index in [0.29, 0.717) is 5.02 Å². The summed E-state index contributed by atoms with van der Waals surface area (Å²) in [5, 5.41) is 3.87. The minimum absolute atomic E-state index is 0.0205. The van der Waals surface area contributed by atoms with Gasteiger partial charge in [0.25, 0.3) is 0 Å². The average molecular weight is 415 g/mol. The molecule has 2 rings (SSSR count). The van der Waals surface area contributed by atoms with Crippen LogP contribution in [0.15, 0.2) is 52.0 Å². The summed E-state index contributed by atoms with van der Waals surface area (Å²) in [4.78, 5) is 23.6. The maximum absolute atomic E-state index is 13.0. The molecule has 1 heterocycles. The Kier molecular flexibility index (Phi) is 7.40. The van der Waals surface area contributed by atoms with E-state index in [-0.39, 0.29) is 30.4 Å². The highest BCUT2D eigenvalue weighted by atomic mass is 35.5. The van der Waals surface area contributed by atoms with E-state index < -0.39 is 26.9 Å². The molecular formula is C17H19ClN2O6S. The maximum atomic E-state index is 13.0. The first kappa shape index (κ1) is 20.9. The zero-order chi connectivity index (χ0) is 19.9. The van der Waals surface area contributed by atoms with Gasteiger partial charge in [0.2, 0.25) is 0 Å². The molecular weight excluding hydrogens is 396 g/mol. The third kappa shape index (κ3) is 5.56. The van der Waals surface area contributed by atoms with E-state index in [4.69, 9.17) is 20.8 Å². The molecule has 0 spiro atoms. The van der Waals surface area contributed by atoms with Gasteiger partial charge in [0, 0.05) is 25.2 Å². The molecule has 0 fully saturated rings. The lowest BCUT2D eigenvalue weighted by atomic mass is 10.3. The lowest BCUT2D eigenvalue weighted by Crippen LogP contribution is -2.43. The van der Waals surface area contributed by atoms with Gasteiger partial charge in [0.1, 0.15) is 11.0 Å². The van der Waals surface area contributed by atoms with E-state index in [0.717, 1.165) is 0 Å². The first-order valence-electron chi connectivity index (χ1n) is 7.94. The molecule has 2 N–H and O–H groups in total. The fourth-order valence-corrected chi connectivity index (χ4v) is 3.95. The number of hydrogen-bond donors (Lipinski definition) is 2. The Balaban J connectivity index is 2.15. The smallest absolute Gasteiger partial charge is 0.309 e. The van der Waals surface area contributed by atoms with Crippen LogP contribution in [0.4, 0.5) is 0 Å². The van der Waals surface area contributed by atoms with Gasteiger partial charge >= 0.3 is 11.8 Å². The van der Waals surface area contributed by atoms with Crippen LogP contribution in [0.25, 0.3) is 0 Å². The molecule has 1 atom stereocenters. The quantitative estimate of drug-likeness (QED) is 0.497. The lowest BCUT2D eigenvalue weighted by Gasteiger charge is -2.16. The van der Waals surface area contributed by atoms with Crippen LogP contribution in [0.2, 0.25) is 5.02 Å². The Bertz CT molecular complexity index is 865. The first-order valence-corrected chi connectivity index (χ1v) is 9.86. The predicted molar refractivity (Wildman–Crippen MR) is 98.0 cm³/mol. The van der Waals surface area contributed by atoms with Crippen molar-refractivity contribution in [3.8, 4) is 0 Å². The Morgan fingerprint density at radius 2 is 1.81 bits per heavy atom. The van der Waals surface area contributed by atoms with Crippen LogP contribution in [0.1, 0.15) is 11.0 Å². The van der Waals surface area contributed by atoms with Crippen LogP contribution < -0.4 is 10.6 Å². The second-order valence-corrected chi connectivity index (χ2v) is 8.03. The number of ether oxygens (including phenoxy) is 1. The highest BCUT2D eigenvalue weighted by Crippen LogP contribution is 2.29. The van der Waals surface area contributed by atoms with Crippen molar-refractivity contribution >= 4 is 33.3 Å². The highest BCUT2D eigenvalue weighted by molar-refractivity contribution is 7.91. The van der Waals surface area contributed by atoms with E-state index in [1.54, 1.807) is 6.07 Å². The standard InChI is InChI=1S/C17H19ClN2O6S/c1-25-10-8-19-16(21)17(22)20-11-15(14-3-2-9-26-14)27(23,24)13-6-4-12(18)5-7-13/h2-7,9,15H,8,10-11H2,1H3,(H,19,21)(H,20,22). The molecule has 10 heteroatoms. The number of amides is 2. The van der Waals surface area contributed by atoms with Gasteiger partial charge in [0.05, 0.1) is 17.8 Å². The van der Waals surface area contributed by atoms with E-state index in [9.17, 15) is 18.0 Å². The van der Waals surface area contributed by atoms with E-state index in [2.05, 4.69) is 10.6 Å². The number of methoxy groups -OCH3 is 1. The number of carbonyl (C=O) groups excluding carboxylic acids is 2. The fraction of sp³-hybridized carbons (Fsp3) is 0.294. The van der Waals surface area contributed by atoms with E-state index >= 15 is 0 Å². The molecule has 1 unspecified atom stereocenters. The molecule has 2 amide bonds. The van der Waals surface area contributed by atoms with Crippen molar-refractivity contribution in [2.75, 3.05) is 26.8 Å². The molecule has 1 aromatic heterocycles. The molecule has 0 aliphatic carbocycles. The van der Waals surface area contributed by atoms with Crippen molar-refractivity contribution < 1.29 is 27.2 Å². The third-order valence-corrected chi connectivity index (χ3v) is 5.95. The largest absolute Gasteiger partial charge is 0.468 e. The number of nitrogens with one attached hydrogen (secondary N) is 2. The molecule has 8 nitrogen and oxygen atoms in total. The van der Waals surface area contributed by atoms with Gasteiger partial charge in [-0.25, -0.2) is 8.42 Å². The monoisotopic (exact) mass is 414 g/mol. The minimum Gasteiger partial charge on any atom is -0.468 e. The molecule has 0 saturated heterocycles. The van der Waals surface area contributed by atoms with E-state index in [1.807, 2.05) is 0 Å². The van der Waals surface area contributed by atoms with Crippen molar-refractivity contribution in [2.24, 2.45) is 0 Å². The second-order valence-electron chi connectivity index (χ2n) is 5.46. The summed E-state index contributed by atoms with van der Waals surface area (Å²) in [6.45, 7) is 0.0709. The Morgan fingerprint density at radius 3 is 2.41 bits per heavy atom. The zero-order valence-electron chi connectivity index (χ0n) is 14.5. The topological polar surface area (TPSA) is 115 Å². The van der Waals surface area contributed by atoms with Crippen molar-refractivity contribution in [3.63, 3.8) is 0 Å². The van der Waals surface area contributed by atoms with Gasteiger partial charge in [-0.2, -0.15) is 0 Å². The molecule has 2 aromatic rings. The third-order valence-electron chi connectivity index (χ3n) is 3.62. The number of rotatable bonds is 8. The number of sulfone groups is 1.